The summed E-state index contributed by atoms with van der Waals surface area (Å²) in [7, 11) is 1.80. The molecular weight excluding hydrogens is 457 g/mol. The lowest BCUT2D eigenvalue weighted by Gasteiger charge is -2.25. The second-order valence-electron chi connectivity index (χ2n) is 5.96. The SMILES string of the molecule is CCN(CCNC(=NC)NCc1sc(C)nc1C)c1ccccc1C.I. The summed E-state index contributed by atoms with van der Waals surface area (Å²) >= 11 is 1.73. The lowest BCUT2D eigenvalue weighted by Crippen LogP contribution is -2.41. The number of likely N-dealkylation sites (N-methyl/N-ethyl adjacent to an activating group) is 1. The molecule has 0 aliphatic carbocycles. The Morgan fingerprint density at radius 3 is 2.50 bits per heavy atom. The zero-order valence-corrected chi connectivity index (χ0v) is 19.4. The van der Waals surface area contributed by atoms with E-state index in [0.717, 1.165) is 42.8 Å². The number of hydrogen-bond donors (Lipinski definition) is 2. The molecule has 0 spiro atoms. The molecule has 0 bridgehead atoms. The van der Waals surface area contributed by atoms with E-state index in [1.807, 2.05) is 6.92 Å². The Morgan fingerprint density at radius 1 is 1.19 bits per heavy atom. The van der Waals surface area contributed by atoms with E-state index in [9.17, 15) is 0 Å². The minimum atomic E-state index is 0. The molecule has 5 nitrogen and oxygen atoms in total. The predicted molar refractivity (Wildman–Crippen MR) is 124 cm³/mol. The van der Waals surface area contributed by atoms with Gasteiger partial charge in [-0.3, -0.25) is 4.99 Å². The second kappa shape index (κ2) is 11.4. The molecule has 7 heteroatoms. The number of nitrogens with zero attached hydrogens (tertiary/aromatic N) is 3. The fourth-order valence-electron chi connectivity index (χ4n) is 2.80. The van der Waals surface area contributed by atoms with E-state index >= 15 is 0 Å². The molecule has 1 heterocycles. The minimum absolute atomic E-state index is 0. The predicted octanol–water partition coefficient (Wildman–Crippen LogP) is 3.88. The normalized spacial score (nSPS) is 11.0. The van der Waals surface area contributed by atoms with E-state index in [-0.39, 0.29) is 24.0 Å². The number of guanidine groups is 1. The first-order chi connectivity index (χ1) is 12.0. The van der Waals surface area contributed by atoms with Gasteiger partial charge < -0.3 is 15.5 Å². The zero-order valence-electron chi connectivity index (χ0n) is 16.3. The van der Waals surface area contributed by atoms with Gasteiger partial charge in [0.05, 0.1) is 17.2 Å². The first-order valence-corrected chi connectivity index (χ1v) is 9.54. The zero-order chi connectivity index (χ0) is 18.2. The van der Waals surface area contributed by atoms with Crippen molar-refractivity contribution in [3.63, 3.8) is 0 Å². The average molecular weight is 487 g/mol. The molecule has 0 saturated heterocycles. The van der Waals surface area contributed by atoms with Crippen LogP contribution in [-0.4, -0.2) is 37.6 Å². The van der Waals surface area contributed by atoms with Crippen LogP contribution >= 0.6 is 35.3 Å². The Labute approximate surface area is 178 Å². The number of rotatable bonds is 7. The third-order valence-electron chi connectivity index (χ3n) is 4.15. The van der Waals surface area contributed by atoms with Gasteiger partial charge in [0.1, 0.15) is 0 Å². The van der Waals surface area contributed by atoms with Crippen LogP contribution in [0.3, 0.4) is 0 Å². The molecule has 0 fully saturated rings. The van der Waals surface area contributed by atoms with Gasteiger partial charge in [-0.25, -0.2) is 4.98 Å². The van der Waals surface area contributed by atoms with Gasteiger partial charge in [0.25, 0.3) is 0 Å². The number of para-hydroxylation sites is 1. The van der Waals surface area contributed by atoms with E-state index < -0.39 is 0 Å². The van der Waals surface area contributed by atoms with Gasteiger partial charge in [0.15, 0.2) is 5.96 Å². The Kier molecular flexibility index (Phi) is 9.93. The third kappa shape index (κ3) is 6.42. The van der Waals surface area contributed by atoms with Crippen molar-refractivity contribution in [2.75, 3.05) is 31.6 Å². The first kappa shape index (κ1) is 22.7. The molecule has 0 amide bonds. The fourth-order valence-corrected chi connectivity index (χ4v) is 3.68. The lowest BCUT2D eigenvalue weighted by molar-refractivity contribution is 0.749. The molecular formula is C19H30IN5S. The molecule has 2 aromatic rings. The van der Waals surface area contributed by atoms with Crippen LogP contribution in [0.15, 0.2) is 29.3 Å². The van der Waals surface area contributed by atoms with E-state index in [1.165, 1.54) is 16.1 Å². The summed E-state index contributed by atoms with van der Waals surface area (Å²) in [6, 6.07) is 8.52. The maximum Gasteiger partial charge on any atom is 0.191 e. The van der Waals surface area contributed by atoms with Crippen LogP contribution < -0.4 is 15.5 Å². The summed E-state index contributed by atoms with van der Waals surface area (Å²) in [5.41, 5.74) is 3.70. The van der Waals surface area contributed by atoms with Crippen LogP contribution in [-0.2, 0) is 6.54 Å². The molecule has 0 atom stereocenters. The highest BCUT2D eigenvalue weighted by Crippen LogP contribution is 2.18. The molecule has 0 unspecified atom stereocenters. The van der Waals surface area contributed by atoms with Crippen molar-refractivity contribution in [2.45, 2.75) is 34.2 Å². The molecule has 0 aliphatic rings. The highest BCUT2D eigenvalue weighted by atomic mass is 127. The van der Waals surface area contributed by atoms with Crippen LogP contribution in [0.5, 0.6) is 0 Å². The van der Waals surface area contributed by atoms with Gasteiger partial charge in [-0.05, 0) is 39.3 Å². The van der Waals surface area contributed by atoms with Crippen molar-refractivity contribution < 1.29 is 0 Å². The molecule has 1 aromatic heterocycles. The smallest absolute Gasteiger partial charge is 0.191 e. The quantitative estimate of drug-likeness (QED) is 0.354. The highest BCUT2D eigenvalue weighted by Gasteiger charge is 2.08. The number of nitrogens with one attached hydrogen (secondary N) is 2. The summed E-state index contributed by atoms with van der Waals surface area (Å²) in [6.07, 6.45) is 0. The van der Waals surface area contributed by atoms with Gasteiger partial charge >= 0.3 is 0 Å². The molecule has 0 saturated carbocycles. The van der Waals surface area contributed by atoms with Crippen LogP contribution in [0.2, 0.25) is 0 Å². The fraction of sp³-hybridized carbons (Fsp3) is 0.474. The van der Waals surface area contributed by atoms with Gasteiger partial charge in [-0.2, -0.15) is 0 Å². The van der Waals surface area contributed by atoms with Crippen molar-refractivity contribution in [1.29, 1.82) is 0 Å². The molecule has 2 N–H and O–H groups in total. The van der Waals surface area contributed by atoms with Crippen LogP contribution in [0, 0.1) is 20.8 Å². The molecule has 26 heavy (non-hydrogen) atoms. The third-order valence-corrected chi connectivity index (χ3v) is 5.22. The Bertz CT molecular complexity index is 714. The Hall–Kier alpha value is -1.35. The number of anilines is 1. The van der Waals surface area contributed by atoms with Crippen LogP contribution in [0.1, 0.15) is 28.1 Å². The van der Waals surface area contributed by atoms with Gasteiger partial charge in [-0.15, -0.1) is 35.3 Å². The topological polar surface area (TPSA) is 52.5 Å². The standard InChI is InChI=1S/C19H29N5S.HI/c1-6-24(17-10-8-7-9-14(17)2)12-11-21-19(20-5)22-13-18-15(3)23-16(4)25-18;/h7-10H,6,11-13H2,1-5H3,(H2,20,21,22);1H. The molecule has 0 radical (unpaired) electrons. The largest absolute Gasteiger partial charge is 0.370 e. The summed E-state index contributed by atoms with van der Waals surface area (Å²) in [6.45, 7) is 11.9. The summed E-state index contributed by atoms with van der Waals surface area (Å²) in [5.74, 6) is 0.825. The molecule has 1 aromatic carbocycles. The number of thiazole rings is 1. The van der Waals surface area contributed by atoms with Crippen LogP contribution in [0.4, 0.5) is 5.69 Å². The Balaban J connectivity index is 0.00000338. The number of aliphatic imine (C=N–C) groups is 1. The molecule has 144 valence electrons. The van der Waals surface area contributed by atoms with E-state index in [4.69, 9.17) is 0 Å². The number of halogens is 1. The number of hydrogen-bond acceptors (Lipinski definition) is 4. The maximum atomic E-state index is 4.46. The lowest BCUT2D eigenvalue weighted by atomic mass is 10.2. The highest BCUT2D eigenvalue weighted by molar-refractivity contribution is 14.0. The number of aryl methyl sites for hydroxylation is 3. The minimum Gasteiger partial charge on any atom is -0.370 e. The van der Waals surface area contributed by atoms with Crippen molar-refractivity contribution in [2.24, 2.45) is 4.99 Å². The first-order valence-electron chi connectivity index (χ1n) is 8.73. The summed E-state index contributed by atoms with van der Waals surface area (Å²) < 4.78 is 0. The summed E-state index contributed by atoms with van der Waals surface area (Å²) in [4.78, 5) is 12.4. The van der Waals surface area contributed by atoms with E-state index in [1.54, 1.807) is 18.4 Å². The number of benzene rings is 1. The number of aromatic nitrogens is 1. The van der Waals surface area contributed by atoms with Crippen molar-refractivity contribution in [1.82, 2.24) is 15.6 Å². The summed E-state index contributed by atoms with van der Waals surface area (Å²) in [5, 5.41) is 7.88. The maximum absolute atomic E-state index is 4.46. The van der Waals surface area contributed by atoms with Gasteiger partial charge in [0.2, 0.25) is 0 Å². The average Bonchev–Trinajstić information content (AvgIpc) is 2.93. The van der Waals surface area contributed by atoms with E-state index in [0.29, 0.717) is 0 Å². The van der Waals surface area contributed by atoms with Crippen LogP contribution in [0.25, 0.3) is 0 Å². The Morgan fingerprint density at radius 2 is 1.92 bits per heavy atom. The second-order valence-corrected chi connectivity index (χ2v) is 7.25. The van der Waals surface area contributed by atoms with Crippen molar-refractivity contribution >= 4 is 47.0 Å². The van der Waals surface area contributed by atoms with E-state index in [2.05, 4.69) is 70.5 Å². The molecule has 0 aliphatic heterocycles. The van der Waals surface area contributed by atoms with Gasteiger partial charge in [-0.1, -0.05) is 18.2 Å². The van der Waals surface area contributed by atoms with Gasteiger partial charge in [0, 0.05) is 37.2 Å². The van der Waals surface area contributed by atoms with Crippen molar-refractivity contribution in [3.05, 3.63) is 45.4 Å². The van der Waals surface area contributed by atoms with Crippen molar-refractivity contribution in [3.8, 4) is 0 Å². The monoisotopic (exact) mass is 487 g/mol. The molecule has 2 rings (SSSR count).